The number of rotatable bonds is 5. The van der Waals surface area contributed by atoms with Gasteiger partial charge in [-0.05, 0) is 0 Å². The first-order valence-corrected chi connectivity index (χ1v) is 9.72. The summed E-state index contributed by atoms with van der Waals surface area (Å²) >= 11 is 1.41. The van der Waals surface area contributed by atoms with Crippen LogP contribution in [0.15, 0.2) is 60.7 Å². The third kappa shape index (κ3) is 4.24. The summed E-state index contributed by atoms with van der Waals surface area (Å²) in [6, 6.07) is 19.7. The van der Waals surface area contributed by atoms with Crippen LogP contribution in [0.25, 0.3) is 21.8 Å². The molecular formula is C21H20N2O3S. The number of hydrogen-bond acceptors (Lipinski definition) is 5. The van der Waals surface area contributed by atoms with Crippen molar-refractivity contribution >= 4 is 17.2 Å². The van der Waals surface area contributed by atoms with Crippen molar-refractivity contribution in [2.24, 2.45) is 0 Å². The number of benzene rings is 2. The molecule has 1 aliphatic heterocycles. The zero-order chi connectivity index (χ0) is 18.5. The molecule has 0 bridgehead atoms. The lowest BCUT2D eigenvalue weighted by Gasteiger charge is -2.22. The van der Waals surface area contributed by atoms with Gasteiger partial charge in [-0.2, -0.15) is 0 Å². The highest BCUT2D eigenvalue weighted by molar-refractivity contribution is 7.17. The number of thiazole rings is 1. The average molecular weight is 380 g/mol. The minimum Gasteiger partial charge on any atom is -0.376 e. The first kappa shape index (κ1) is 17.9. The summed E-state index contributed by atoms with van der Waals surface area (Å²) in [6.07, 6.45) is -0.107. The summed E-state index contributed by atoms with van der Waals surface area (Å²) in [4.78, 5) is 18.3. The summed E-state index contributed by atoms with van der Waals surface area (Å²) in [5.74, 6) is -0.136. The van der Waals surface area contributed by atoms with Gasteiger partial charge in [0.25, 0.3) is 5.91 Å². The first-order chi connectivity index (χ1) is 13.3. The fourth-order valence-electron chi connectivity index (χ4n) is 2.91. The van der Waals surface area contributed by atoms with Crippen LogP contribution >= 0.6 is 11.3 Å². The van der Waals surface area contributed by atoms with E-state index in [1.165, 1.54) is 11.3 Å². The minimum atomic E-state index is -0.136. The van der Waals surface area contributed by atoms with Crippen LogP contribution in [0.4, 0.5) is 0 Å². The van der Waals surface area contributed by atoms with E-state index in [1.54, 1.807) is 0 Å². The SMILES string of the molecule is O=C(NCC1COCCO1)c1sc(-c2ccccc2)nc1-c1ccccc1. The number of nitrogens with one attached hydrogen (secondary N) is 1. The van der Waals surface area contributed by atoms with Crippen molar-refractivity contribution in [3.8, 4) is 21.8 Å². The third-order valence-corrected chi connectivity index (χ3v) is 5.38. The molecule has 1 aromatic heterocycles. The van der Waals surface area contributed by atoms with Crippen LogP contribution in [0.3, 0.4) is 0 Å². The zero-order valence-electron chi connectivity index (χ0n) is 14.8. The Labute approximate surface area is 162 Å². The van der Waals surface area contributed by atoms with Crippen LogP contribution in [0.2, 0.25) is 0 Å². The fourth-order valence-corrected chi connectivity index (χ4v) is 3.92. The molecular weight excluding hydrogens is 360 g/mol. The molecule has 1 amide bonds. The van der Waals surface area contributed by atoms with E-state index in [0.717, 1.165) is 16.1 Å². The maximum absolute atomic E-state index is 12.9. The molecule has 1 N–H and O–H groups in total. The predicted molar refractivity (Wildman–Crippen MR) is 106 cm³/mol. The van der Waals surface area contributed by atoms with Gasteiger partial charge in [0, 0.05) is 17.7 Å². The van der Waals surface area contributed by atoms with Gasteiger partial charge in [0.15, 0.2) is 0 Å². The molecule has 1 atom stereocenters. The summed E-state index contributed by atoms with van der Waals surface area (Å²) in [6.45, 7) is 2.10. The summed E-state index contributed by atoms with van der Waals surface area (Å²) in [7, 11) is 0. The lowest BCUT2D eigenvalue weighted by atomic mass is 10.1. The average Bonchev–Trinajstić information content (AvgIpc) is 3.20. The Morgan fingerprint density at radius 3 is 2.41 bits per heavy atom. The Bertz CT molecular complexity index is 890. The Morgan fingerprint density at radius 1 is 1.04 bits per heavy atom. The maximum Gasteiger partial charge on any atom is 0.263 e. The Morgan fingerprint density at radius 2 is 1.74 bits per heavy atom. The van der Waals surface area contributed by atoms with E-state index in [9.17, 15) is 4.79 Å². The number of ether oxygens (including phenoxy) is 2. The molecule has 0 saturated carbocycles. The van der Waals surface area contributed by atoms with Crippen molar-refractivity contribution in [2.75, 3.05) is 26.4 Å². The van der Waals surface area contributed by atoms with E-state index >= 15 is 0 Å². The van der Waals surface area contributed by atoms with E-state index in [4.69, 9.17) is 14.5 Å². The van der Waals surface area contributed by atoms with Gasteiger partial charge >= 0.3 is 0 Å². The number of amides is 1. The molecule has 6 heteroatoms. The highest BCUT2D eigenvalue weighted by Gasteiger charge is 2.22. The van der Waals surface area contributed by atoms with Crippen LogP contribution in [-0.2, 0) is 9.47 Å². The molecule has 1 fully saturated rings. The second-order valence-electron chi connectivity index (χ2n) is 6.21. The van der Waals surface area contributed by atoms with Gasteiger partial charge in [0.2, 0.25) is 0 Å². The smallest absolute Gasteiger partial charge is 0.263 e. The standard InChI is InChI=1S/C21H20N2O3S/c24-20(22-13-17-14-25-11-12-26-17)19-18(15-7-3-1-4-8-15)23-21(27-19)16-9-5-2-6-10-16/h1-10,17H,11-14H2,(H,22,24). The summed E-state index contributed by atoms with van der Waals surface area (Å²) < 4.78 is 11.0. The lowest BCUT2D eigenvalue weighted by molar-refractivity contribution is -0.0855. The van der Waals surface area contributed by atoms with Gasteiger partial charge < -0.3 is 14.8 Å². The van der Waals surface area contributed by atoms with E-state index in [2.05, 4.69) is 5.32 Å². The van der Waals surface area contributed by atoms with Gasteiger partial charge in [-0.15, -0.1) is 11.3 Å². The number of nitrogens with zero attached hydrogens (tertiary/aromatic N) is 1. The molecule has 2 heterocycles. The van der Waals surface area contributed by atoms with Crippen molar-refractivity contribution in [2.45, 2.75) is 6.10 Å². The topological polar surface area (TPSA) is 60.5 Å². The van der Waals surface area contributed by atoms with E-state index in [1.807, 2.05) is 60.7 Å². The highest BCUT2D eigenvalue weighted by atomic mass is 32.1. The normalized spacial score (nSPS) is 16.8. The first-order valence-electron chi connectivity index (χ1n) is 8.90. The quantitative estimate of drug-likeness (QED) is 0.734. The zero-order valence-corrected chi connectivity index (χ0v) is 15.6. The fraction of sp³-hybridized carbons (Fsp3) is 0.238. The number of aromatic nitrogens is 1. The molecule has 27 heavy (non-hydrogen) atoms. The molecule has 1 unspecified atom stereocenters. The van der Waals surface area contributed by atoms with Gasteiger partial charge in [-0.1, -0.05) is 60.7 Å². The Hall–Kier alpha value is -2.54. The minimum absolute atomic E-state index is 0.107. The second-order valence-corrected chi connectivity index (χ2v) is 7.21. The van der Waals surface area contributed by atoms with E-state index in [0.29, 0.717) is 36.9 Å². The number of hydrogen-bond donors (Lipinski definition) is 1. The summed E-state index contributed by atoms with van der Waals surface area (Å²) in [5, 5.41) is 3.80. The van der Waals surface area contributed by atoms with Crippen LogP contribution in [0.1, 0.15) is 9.67 Å². The van der Waals surface area contributed by atoms with Crippen molar-refractivity contribution in [3.05, 3.63) is 65.5 Å². The van der Waals surface area contributed by atoms with Gasteiger partial charge in [-0.25, -0.2) is 4.98 Å². The van der Waals surface area contributed by atoms with Crippen molar-refractivity contribution in [1.29, 1.82) is 0 Å². The third-order valence-electron chi connectivity index (χ3n) is 4.28. The molecule has 2 aromatic carbocycles. The number of carbonyl (C=O) groups excluding carboxylic acids is 1. The molecule has 1 aliphatic rings. The van der Waals surface area contributed by atoms with Crippen LogP contribution < -0.4 is 5.32 Å². The maximum atomic E-state index is 12.9. The summed E-state index contributed by atoms with van der Waals surface area (Å²) in [5.41, 5.74) is 2.64. The van der Waals surface area contributed by atoms with Crippen LogP contribution in [-0.4, -0.2) is 43.4 Å². The highest BCUT2D eigenvalue weighted by Crippen LogP contribution is 2.33. The lowest BCUT2D eigenvalue weighted by Crippen LogP contribution is -2.39. The second kappa shape index (κ2) is 8.43. The largest absolute Gasteiger partial charge is 0.376 e. The molecule has 3 aromatic rings. The van der Waals surface area contributed by atoms with Crippen molar-refractivity contribution in [1.82, 2.24) is 10.3 Å². The van der Waals surface area contributed by atoms with Gasteiger partial charge in [0.05, 0.1) is 31.6 Å². The Balaban J connectivity index is 1.61. The predicted octanol–water partition coefficient (Wildman–Crippen LogP) is 3.62. The van der Waals surface area contributed by atoms with Crippen molar-refractivity contribution in [3.63, 3.8) is 0 Å². The van der Waals surface area contributed by atoms with Crippen LogP contribution in [0.5, 0.6) is 0 Å². The molecule has 0 aliphatic carbocycles. The number of carbonyl (C=O) groups is 1. The molecule has 5 nitrogen and oxygen atoms in total. The molecule has 4 rings (SSSR count). The molecule has 138 valence electrons. The van der Waals surface area contributed by atoms with Gasteiger partial charge in [0.1, 0.15) is 9.88 Å². The Kier molecular flexibility index (Phi) is 5.58. The van der Waals surface area contributed by atoms with E-state index < -0.39 is 0 Å². The van der Waals surface area contributed by atoms with E-state index in [-0.39, 0.29) is 12.0 Å². The van der Waals surface area contributed by atoms with Gasteiger partial charge in [-0.3, -0.25) is 4.79 Å². The van der Waals surface area contributed by atoms with Crippen LogP contribution in [0, 0.1) is 0 Å². The van der Waals surface area contributed by atoms with Crippen molar-refractivity contribution < 1.29 is 14.3 Å². The molecule has 0 spiro atoms. The monoisotopic (exact) mass is 380 g/mol. The molecule has 0 radical (unpaired) electrons. The molecule has 1 saturated heterocycles.